The van der Waals surface area contributed by atoms with Crippen LogP contribution in [0.2, 0.25) is 0 Å². The van der Waals surface area contributed by atoms with Crippen molar-refractivity contribution < 1.29 is 27.4 Å². The average Bonchev–Trinajstić information content (AvgIpc) is 2.80. The van der Waals surface area contributed by atoms with Gasteiger partial charge in [-0.3, -0.25) is 4.79 Å². The molecule has 0 saturated carbocycles. The summed E-state index contributed by atoms with van der Waals surface area (Å²) in [4.78, 5) is 12.1. The molecule has 0 bridgehead atoms. The van der Waals surface area contributed by atoms with E-state index in [1.54, 1.807) is 41.5 Å². The summed E-state index contributed by atoms with van der Waals surface area (Å²) in [5.74, 6) is -1.62. The molecular formula is C16H26N2O6S2. The minimum Gasteiger partial charge on any atom is -0.460 e. The van der Waals surface area contributed by atoms with Gasteiger partial charge in [0.05, 0.1) is 24.4 Å². The monoisotopic (exact) mass is 406 g/mol. The maximum atomic E-state index is 12.5. The molecule has 0 spiro atoms. The van der Waals surface area contributed by atoms with Crippen LogP contribution in [-0.4, -0.2) is 53.9 Å². The van der Waals surface area contributed by atoms with E-state index in [4.69, 9.17) is 14.2 Å². The highest BCUT2D eigenvalue weighted by Crippen LogP contribution is 2.31. The lowest BCUT2D eigenvalue weighted by atomic mass is 10.1. The van der Waals surface area contributed by atoms with Crippen molar-refractivity contribution in [3.63, 3.8) is 0 Å². The van der Waals surface area contributed by atoms with Crippen LogP contribution in [0.25, 0.3) is 0 Å². The van der Waals surface area contributed by atoms with Crippen molar-refractivity contribution in [2.45, 2.75) is 82.3 Å². The smallest absolute Gasteiger partial charge is 0.308 e. The number of hydrogen-bond acceptors (Lipinski definition) is 9. The molecule has 1 aliphatic heterocycles. The number of rotatable bonds is 5. The van der Waals surface area contributed by atoms with Gasteiger partial charge in [0, 0.05) is 6.42 Å². The zero-order valence-corrected chi connectivity index (χ0v) is 17.6. The lowest BCUT2D eigenvalue weighted by Gasteiger charge is -2.40. The van der Waals surface area contributed by atoms with Crippen molar-refractivity contribution in [2.24, 2.45) is 0 Å². The minimum absolute atomic E-state index is 0.0217. The molecule has 0 unspecified atom stereocenters. The number of hydrogen-bond donors (Lipinski definition) is 0. The van der Waals surface area contributed by atoms with Gasteiger partial charge < -0.3 is 14.2 Å². The molecule has 1 aromatic rings. The number of aromatic nitrogens is 2. The number of nitrogens with zero attached hydrogens (tertiary/aromatic N) is 2. The second kappa shape index (κ2) is 7.49. The molecule has 0 N–H and O–H groups in total. The molecule has 8 nitrogen and oxygen atoms in total. The van der Waals surface area contributed by atoms with Gasteiger partial charge in [-0.25, -0.2) is 8.42 Å². The molecule has 0 aromatic carbocycles. The van der Waals surface area contributed by atoms with Gasteiger partial charge in [-0.1, -0.05) is 11.3 Å². The Hall–Kier alpha value is -1.10. The summed E-state index contributed by atoms with van der Waals surface area (Å²) in [5.41, 5.74) is -0.587. The molecule has 2 atom stereocenters. The third-order valence-electron chi connectivity index (χ3n) is 3.42. The van der Waals surface area contributed by atoms with E-state index in [1.807, 2.05) is 0 Å². The highest BCUT2D eigenvalue weighted by Gasteiger charge is 2.39. The van der Waals surface area contributed by atoms with E-state index >= 15 is 0 Å². The van der Waals surface area contributed by atoms with Crippen molar-refractivity contribution in [2.75, 3.05) is 5.75 Å². The third-order valence-corrected chi connectivity index (χ3v) is 6.49. The summed E-state index contributed by atoms with van der Waals surface area (Å²) in [6, 6.07) is 0. The molecule has 1 fully saturated rings. The first-order valence-corrected chi connectivity index (χ1v) is 10.8. The van der Waals surface area contributed by atoms with Gasteiger partial charge in [-0.05, 0) is 41.5 Å². The van der Waals surface area contributed by atoms with Crippen LogP contribution >= 0.6 is 11.3 Å². The summed E-state index contributed by atoms with van der Waals surface area (Å²) in [6.45, 7) is 10.5. The van der Waals surface area contributed by atoms with Gasteiger partial charge >= 0.3 is 5.97 Å². The lowest BCUT2D eigenvalue weighted by Crippen LogP contribution is -2.47. The van der Waals surface area contributed by atoms with E-state index in [0.717, 1.165) is 11.3 Å². The quantitative estimate of drug-likeness (QED) is 0.686. The molecule has 1 saturated heterocycles. The second-order valence-electron chi connectivity index (χ2n) is 7.77. The van der Waals surface area contributed by atoms with Crippen molar-refractivity contribution in [1.82, 2.24) is 10.2 Å². The Kier molecular flexibility index (Phi) is 6.11. The Morgan fingerprint density at radius 2 is 1.88 bits per heavy atom. The van der Waals surface area contributed by atoms with Gasteiger partial charge in [-0.2, -0.15) is 0 Å². The molecule has 0 radical (unpaired) electrons. The number of aryl methyl sites for hydroxylation is 1. The summed E-state index contributed by atoms with van der Waals surface area (Å²) in [7, 11) is -3.62. The molecule has 1 aromatic heterocycles. The first-order valence-electron chi connectivity index (χ1n) is 8.36. The largest absolute Gasteiger partial charge is 0.460 e. The fourth-order valence-corrected chi connectivity index (χ4v) is 5.23. The summed E-state index contributed by atoms with van der Waals surface area (Å²) in [5, 5.41) is 8.06. The Morgan fingerprint density at radius 1 is 1.27 bits per heavy atom. The van der Waals surface area contributed by atoms with E-state index in [1.165, 1.54) is 0 Å². The summed E-state index contributed by atoms with van der Waals surface area (Å²) in [6.07, 6.45) is -0.775. The van der Waals surface area contributed by atoms with Crippen molar-refractivity contribution in [3.8, 4) is 0 Å². The normalized spacial score (nSPS) is 23.6. The van der Waals surface area contributed by atoms with Crippen LogP contribution in [0.15, 0.2) is 4.34 Å². The second-order valence-corrected chi connectivity index (χ2v) is 11.2. The third kappa shape index (κ3) is 6.26. The van der Waals surface area contributed by atoms with Gasteiger partial charge in [0.1, 0.15) is 10.6 Å². The Balaban J connectivity index is 2.06. The van der Waals surface area contributed by atoms with Crippen LogP contribution < -0.4 is 0 Å². The molecule has 0 aliphatic carbocycles. The molecule has 26 heavy (non-hydrogen) atoms. The van der Waals surface area contributed by atoms with Crippen LogP contribution in [0.1, 0.15) is 52.5 Å². The topological polar surface area (TPSA) is 105 Å². The van der Waals surface area contributed by atoms with Gasteiger partial charge in [0.2, 0.25) is 14.2 Å². The van der Waals surface area contributed by atoms with E-state index in [9.17, 15) is 13.2 Å². The molecule has 148 valence electrons. The van der Waals surface area contributed by atoms with E-state index < -0.39 is 33.4 Å². The van der Waals surface area contributed by atoms with Crippen molar-refractivity contribution in [1.29, 1.82) is 0 Å². The molecule has 10 heteroatoms. The number of carbonyl (C=O) groups excluding carboxylic acids is 1. The molecular weight excluding hydrogens is 380 g/mol. The first-order chi connectivity index (χ1) is 11.8. The van der Waals surface area contributed by atoms with E-state index in [-0.39, 0.29) is 28.9 Å². The minimum atomic E-state index is -3.62. The summed E-state index contributed by atoms with van der Waals surface area (Å²) < 4.78 is 41.9. The maximum Gasteiger partial charge on any atom is 0.308 e. The Bertz CT molecular complexity index is 751. The van der Waals surface area contributed by atoms with Crippen molar-refractivity contribution >= 4 is 27.1 Å². The maximum absolute atomic E-state index is 12.5. The number of carbonyl (C=O) groups is 1. The molecule has 2 heterocycles. The zero-order valence-electron chi connectivity index (χ0n) is 15.9. The van der Waals surface area contributed by atoms with Gasteiger partial charge in [0.15, 0.2) is 5.79 Å². The Morgan fingerprint density at radius 3 is 2.42 bits per heavy atom. The highest BCUT2D eigenvalue weighted by atomic mass is 32.2. The standard InChI is InChI=1S/C16H26N2O6S2/c1-10-17-18-14(25-10)26(20,21)9-12-7-11(22-16(5,6)23-12)8-13(19)24-15(2,3)4/h11-12H,7-9H2,1-6H3/t11-,12+/m1/s1. The average molecular weight is 407 g/mol. The fraction of sp³-hybridized carbons (Fsp3) is 0.812. The van der Waals surface area contributed by atoms with Crippen LogP contribution in [0, 0.1) is 6.92 Å². The lowest BCUT2D eigenvalue weighted by molar-refractivity contribution is -0.295. The predicted octanol–water partition coefficient (Wildman–Crippen LogP) is 2.26. The van der Waals surface area contributed by atoms with E-state index in [2.05, 4.69) is 10.2 Å². The van der Waals surface area contributed by atoms with Crippen LogP contribution in [0.5, 0.6) is 0 Å². The first kappa shape index (κ1) is 21.2. The van der Waals surface area contributed by atoms with Gasteiger partial charge in [0.25, 0.3) is 0 Å². The fourth-order valence-electron chi connectivity index (χ4n) is 2.74. The Labute approximate surface area is 158 Å². The molecule has 2 rings (SSSR count). The molecule has 1 aliphatic rings. The highest BCUT2D eigenvalue weighted by molar-refractivity contribution is 7.93. The van der Waals surface area contributed by atoms with Crippen LogP contribution in [-0.2, 0) is 28.8 Å². The molecule has 0 amide bonds. The summed E-state index contributed by atoms with van der Waals surface area (Å²) >= 11 is 1.03. The van der Waals surface area contributed by atoms with Crippen LogP contribution in [0.3, 0.4) is 0 Å². The van der Waals surface area contributed by atoms with Crippen molar-refractivity contribution in [3.05, 3.63) is 5.01 Å². The predicted molar refractivity (Wildman–Crippen MR) is 95.6 cm³/mol. The van der Waals surface area contributed by atoms with Gasteiger partial charge in [-0.15, -0.1) is 10.2 Å². The SMILES string of the molecule is Cc1nnc(S(=O)(=O)C[C@@H]2C[C@H](CC(=O)OC(C)(C)C)OC(C)(C)O2)s1. The number of esters is 1. The number of ether oxygens (including phenoxy) is 3. The van der Waals surface area contributed by atoms with Crippen LogP contribution in [0.4, 0.5) is 0 Å². The zero-order chi connectivity index (χ0) is 19.8. The number of sulfone groups is 1. The van der Waals surface area contributed by atoms with E-state index in [0.29, 0.717) is 5.01 Å².